The summed E-state index contributed by atoms with van der Waals surface area (Å²) in [5.74, 6) is 1.92. The molecule has 1 N–H and O–H groups in total. The lowest BCUT2D eigenvalue weighted by molar-refractivity contribution is 0.377. The molecule has 104 valence electrons. The van der Waals surface area contributed by atoms with Crippen molar-refractivity contribution in [3.8, 4) is 5.75 Å². The second-order valence-corrected chi connectivity index (χ2v) is 5.19. The third-order valence-electron chi connectivity index (χ3n) is 3.45. The van der Waals surface area contributed by atoms with Crippen LogP contribution in [0.3, 0.4) is 0 Å². The molecule has 1 aromatic carbocycles. The van der Waals surface area contributed by atoms with E-state index in [2.05, 4.69) is 43.6 Å². The number of fused-ring (bicyclic) bond motifs is 1. The SMILES string of the molecule is CCNC(C)(C)c1nc2cc(OC)ccc2n1CC. The molecule has 0 unspecified atom stereocenters. The Kier molecular flexibility index (Phi) is 3.80. The van der Waals surface area contributed by atoms with Crippen LogP contribution in [0.5, 0.6) is 5.75 Å². The van der Waals surface area contributed by atoms with Gasteiger partial charge in [0.2, 0.25) is 0 Å². The van der Waals surface area contributed by atoms with Crippen molar-refractivity contribution in [2.75, 3.05) is 13.7 Å². The number of ether oxygens (including phenoxy) is 1. The third-order valence-corrected chi connectivity index (χ3v) is 3.45. The predicted octanol–water partition coefficient (Wildman–Crippen LogP) is 2.91. The van der Waals surface area contributed by atoms with Crippen LogP contribution >= 0.6 is 0 Å². The molecule has 1 heterocycles. The number of nitrogens with one attached hydrogen (secondary N) is 1. The fraction of sp³-hybridized carbons (Fsp3) is 0.533. The van der Waals surface area contributed by atoms with Crippen LogP contribution in [0.2, 0.25) is 0 Å². The molecular formula is C15H23N3O. The van der Waals surface area contributed by atoms with Gasteiger partial charge in [-0.25, -0.2) is 4.98 Å². The zero-order valence-electron chi connectivity index (χ0n) is 12.4. The number of rotatable bonds is 5. The number of nitrogens with zero attached hydrogens (tertiary/aromatic N) is 2. The van der Waals surface area contributed by atoms with Gasteiger partial charge in [0.05, 0.1) is 23.7 Å². The number of hydrogen-bond acceptors (Lipinski definition) is 3. The van der Waals surface area contributed by atoms with Gasteiger partial charge in [-0.1, -0.05) is 6.92 Å². The van der Waals surface area contributed by atoms with Gasteiger partial charge in [0.25, 0.3) is 0 Å². The van der Waals surface area contributed by atoms with Gasteiger partial charge in [0.15, 0.2) is 0 Å². The third kappa shape index (κ3) is 2.45. The van der Waals surface area contributed by atoms with E-state index in [1.54, 1.807) is 7.11 Å². The van der Waals surface area contributed by atoms with Crippen LogP contribution in [0.1, 0.15) is 33.5 Å². The van der Waals surface area contributed by atoms with Crippen molar-refractivity contribution in [1.29, 1.82) is 0 Å². The quantitative estimate of drug-likeness (QED) is 0.899. The molecule has 0 fully saturated rings. The summed E-state index contributed by atoms with van der Waals surface area (Å²) >= 11 is 0. The largest absolute Gasteiger partial charge is 0.497 e. The monoisotopic (exact) mass is 261 g/mol. The van der Waals surface area contributed by atoms with E-state index in [0.717, 1.165) is 35.7 Å². The number of benzene rings is 1. The van der Waals surface area contributed by atoms with Crippen molar-refractivity contribution in [3.05, 3.63) is 24.0 Å². The fourth-order valence-electron chi connectivity index (χ4n) is 2.55. The van der Waals surface area contributed by atoms with Crippen LogP contribution in [0.25, 0.3) is 11.0 Å². The summed E-state index contributed by atoms with van der Waals surface area (Å²) in [6.07, 6.45) is 0. The van der Waals surface area contributed by atoms with Gasteiger partial charge >= 0.3 is 0 Å². The first-order chi connectivity index (χ1) is 9.03. The van der Waals surface area contributed by atoms with Gasteiger partial charge in [0.1, 0.15) is 11.6 Å². The molecule has 0 amide bonds. The zero-order valence-corrected chi connectivity index (χ0v) is 12.4. The van der Waals surface area contributed by atoms with E-state index in [0.29, 0.717) is 0 Å². The molecule has 0 radical (unpaired) electrons. The highest BCUT2D eigenvalue weighted by Gasteiger charge is 2.26. The van der Waals surface area contributed by atoms with E-state index >= 15 is 0 Å². The number of aromatic nitrogens is 2. The van der Waals surface area contributed by atoms with Gasteiger partial charge in [-0.3, -0.25) is 0 Å². The van der Waals surface area contributed by atoms with Crippen molar-refractivity contribution < 1.29 is 4.74 Å². The highest BCUT2D eigenvalue weighted by Crippen LogP contribution is 2.27. The minimum atomic E-state index is -0.142. The Balaban J connectivity index is 2.61. The number of imidazole rings is 1. The molecule has 0 aliphatic rings. The average molecular weight is 261 g/mol. The summed E-state index contributed by atoms with van der Waals surface area (Å²) < 4.78 is 7.53. The highest BCUT2D eigenvalue weighted by molar-refractivity contribution is 5.78. The normalized spacial score (nSPS) is 12.1. The van der Waals surface area contributed by atoms with Crippen LogP contribution < -0.4 is 10.1 Å². The number of methoxy groups -OCH3 is 1. The lowest BCUT2D eigenvalue weighted by Gasteiger charge is -2.25. The molecule has 0 saturated carbocycles. The van der Waals surface area contributed by atoms with Crippen molar-refractivity contribution in [1.82, 2.24) is 14.9 Å². The highest BCUT2D eigenvalue weighted by atomic mass is 16.5. The summed E-state index contributed by atoms with van der Waals surface area (Å²) in [7, 11) is 1.68. The molecule has 1 aromatic heterocycles. The van der Waals surface area contributed by atoms with Crippen LogP contribution in [-0.4, -0.2) is 23.2 Å². The van der Waals surface area contributed by atoms with E-state index < -0.39 is 0 Å². The summed E-state index contributed by atoms with van der Waals surface area (Å²) in [4.78, 5) is 4.80. The zero-order chi connectivity index (χ0) is 14.0. The fourth-order valence-corrected chi connectivity index (χ4v) is 2.55. The van der Waals surface area contributed by atoms with Crippen molar-refractivity contribution >= 4 is 11.0 Å². The van der Waals surface area contributed by atoms with E-state index in [1.165, 1.54) is 0 Å². The molecule has 2 rings (SSSR count). The summed E-state index contributed by atoms with van der Waals surface area (Å²) in [6.45, 7) is 10.4. The van der Waals surface area contributed by atoms with Gasteiger partial charge in [-0.2, -0.15) is 0 Å². The van der Waals surface area contributed by atoms with E-state index in [-0.39, 0.29) is 5.54 Å². The Bertz CT molecular complexity index is 572. The van der Waals surface area contributed by atoms with Gasteiger partial charge in [0, 0.05) is 12.6 Å². The topological polar surface area (TPSA) is 39.1 Å². The molecule has 0 bridgehead atoms. The molecule has 0 saturated heterocycles. The maximum absolute atomic E-state index is 5.27. The second kappa shape index (κ2) is 5.21. The lowest BCUT2D eigenvalue weighted by atomic mass is 10.0. The minimum absolute atomic E-state index is 0.142. The molecule has 0 aliphatic heterocycles. The molecule has 0 spiro atoms. The Morgan fingerprint density at radius 2 is 2.05 bits per heavy atom. The van der Waals surface area contributed by atoms with Crippen LogP contribution in [0, 0.1) is 0 Å². The van der Waals surface area contributed by atoms with E-state index in [4.69, 9.17) is 9.72 Å². The maximum Gasteiger partial charge on any atom is 0.129 e. The van der Waals surface area contributed by atoms with Crippen LogP contribution in [-0.2, 0) is 12.1 Å². The smallest absolute Gasteiger partial charge is 0.129 e. The molecule has 0 aliphatic carbocycles. The van der Waals surface area contributed by atoms with Gasteiger partial charge < -0.3 is 14.6 Å². The first-order valence-electron chi connectivity index (χ1n) is 6.83. The molecule has 19 heavy (non-hydrogen) atoms. The average Bonchev–Trinajstić information content (AvgIpc) is 2.76. The maximum atomic E-state index is 5.27. The van der Waals surface area contributed by atoms with E-state index in [9.17, 15) is 0 Å². The number of aryl methyl sites for hydroxylation is 1. The molecular weight excluding hydrogens is 238 g/mol. The van der Waals surface area contributed by atoms with E-state index in [1.807, 2.05) is 12.1 Å². The second-order valence-electron chi connectivity index (χ2n) is 5.19. The molecule has 4 heteroatoms. The number of hydrogen-bond donors (Lipinski definition) is 1. The van der Waals surface area contributed by atoms with Gasteiger partial charge in [-0.15, -0.1) is 0 Å². The molecule has 0 atom stereocenters. The first kappa shape index (κ1) is 13.9. The van der Waals surface area contributed by atoms with Crippen LogP contribution in [0.4, 0.5) is 0 Å². The lowest BCUT2D eigenvalue weighted by Crippen LogP contribution is -2.38. The first-order valence-corrected chi connectivity index (χ1v) is 6.83. The Labute approximate surface area is 114 Å². The van der Waals surface area contributed by atoms with Crippen molar-refractivity contribution in [2.24, 2.45) is 0 Å². The van der Waals surface area contributed by atoms with Crippen molar-refractivity contribution in [3.63, 3.8) is 0 Å². The molecule has 4 nitrogen and oxygen atoms in total. The van der Waals surface area contributed by atoms with Gasteiger partial charge in [-0.05, 0) is 39.4 Å². The molecule has 2 aromatic rings. The van der Waals surface area contributed by atoms with Crippen molar-refractivity contribution in [2.45, 2.75) is 39.8 Å². The van der Waals surface area contributed by atoms with Crippen LogP contribution in [0.15, 0.2) is 18.2 Å². The predicted molar refractivity (Wildman–Crippen MR) is 78.7 cm³/mol. The standard InChI is InChI=1S/C15H23N3O/c1-6-16-15(3,4)14-17-12-10-11(19-5)8-9-13(12)18(14)7-2/h8-10,16H,6-7H2,1-5H3. The Morgan fingerprint density at radius 1 is 1.32 bits per heavy atom. The summed E-state index contributed by atoms with van der Waals surface area (Å²) in [6, 6.07) is 6.06. The summed E-state index contributed by atoms with van der Waals surface area (Å²) in [5.41, 5.74) is 2.00. The summed E-state index contributed by atoms with van der Waals surface area (Å²) in [5, 5.41) is 3.49. The Hall–Kier alpha value is -1.55. The Morgan fingerprint density at radius 3 is 2.63 bits per heavy atom. The minimum Gasteiger partial charge on any atom is -0.497 e.